The van der Waals surface area contributed by atoms with Gasteiger partial charge in [0.15, 0.2) is 0 Å². The summed E-state index contributed by atoms with van der Waals surface area (Å²) in [6, 6.07) is 5.41. The van der Waals surface area contributed by atoms with Crippen molar-refractivity contribution in [3.63, 3.8) is 0 Å². The first-order chi connectivity index (χ1) is 7.29. The molecular formula is C12H13FN2. The molecule has 0 fully saturated rings. The highest BCUT2D eigenvalue weighted by Crippen LogP contribution is 2.12. The molecule has 0 aliphatic rings. The Bertz CT molecular complexity index is 435. The van der Waals surface area contributed by atoms with E-state index in [-0.39, 0.29) is 5.82 Å². The van der Waals surface area contributed by atoms with E-state index in [0.717, 1.165) is 17.5 Å². The van der Waals surface area contributed by atoms with Crippen molar-refractivity contribution in [1.29, 1.82) is 0 Å². The summed E-state index contributed by atoms with van der Waals surface area (Å²) in [6.45, 7) is 2.62. The number of nitrogens with zero attached hydrogens (tertiary/aromatic N) is 2. The van der Waals surface area contributed by atoms with Crippen molar-refractivity contribution < 1.29 is 4.39 Å². The lowest BCUT2D eigenvalue weighted by Gasteiger charge is -2.05. The van der Waals surface area contributed by atoms with Crippen LogP contribution < -0.4 is 0 Å². The zero-order valence-electron chi connectivity index (χ0n) is 8.65. The number of benzene rings is 1. The fourth-order valence-electron chi connectivity index (χ4n) is 1.57. The third kappa shape index (κ3) is 2.24. The van der Waals surface area contributed by atoms with E-state index in [4.69, 9.17) is 0 Å². The summed E-state index contributed by atoms with van der Waals surface area (Å²) < 4.78 is 15.4. The average Bonchev–Trinajstić information content (AvgIpc) is 2.71. The molecular weight excluding hydrogens is 191 g/mol. The molecule has 0 radical (unpaired) electrons. The minimum absolute atomic E-state index is 0.116. The Labute approximate surface area is 88.4 Å². The summed E-state index contributed by atoms with van der Waals surface area (Å²) in [5, 5.41) is 0. The van der Waals surface area contributed by atoms with Gasteiger partial charge in [-0.1, -0.05) is 19.1 Å². The Hall–Kier alpha value is -1.64. The number of hydrogen-bond donors (Lipinski definition) is 0. The zero-order valence-corrected chi connectivity index (χ0v) is 8.65. The molecule has 1 aromatic carbocycles. The second-order valence-electron chi connectivity index (χ2n) is 3.51. The molecule has 0 saturated carbocycles. The van der Waals surface area contributed by atoms with Gasteiger partial charge in [0, 0.05) is 18.9 Å². The SMILES string of the molecule is CCc1ccc(Cn2ccnc2)cc1F. The predicted octanol–water partition coefficient (Wildman–Crippen LogP) is 2.63. The fraction of sp³-hybridized carbons (Fsp3) is 0.250. The van der Waals surface area contributed by atoms with Gasteiger partial charge in [-0.15, -0.1) is 0 Å². The molecule has 0 aliphatic carbocycles. The standard InChI is InChI=1S/C12H13FN2/c1-2-11-4-3-10(7-12(11)13)8-15-6-5-14-9-15/h3-7,9H,2,8H2,1H3. The van der Waals surface area contributed by atoms with E-state index in [1.165, 1.54) is 0 Å². The van der Waals surface area contributed by atoms with Crippen molar-refractivity contribution >= 4 is 0 Å². The van der Waals surface area contributed by atoms with Gasteiger partial charge in [0.05, 0.1) is 6.33 Å². The van der Waals surface area contributed by atoms with Gasteiger partial charge in [-0.2, -0.15) is 0 Å². The highest BCUT2D eigenvalue weighted by Gasteiger charge is 2.01. The van der Waals surface area contributed by atoms with Crippen LogP contribution in [0.3, 0.4) is 0 Å². The lowest BCUT2D eigenvalue weighted by atomic mass is 10.1. The Morgan fingerprint density at radius 1 is 1.40 bits per heavy atom. The van der Waals surface area contributed by atoms with Gasteiger partial charge in [-0.25, -0.2) is 9.37 Å². The van der Waals surface area contributed by atoms with Crippen LogP contribution >= 0.6 is 0 Å². The van der Waals surface area contributed by atoms with Gasteiger partial charge in [0.25, 0.3) is 0 Å². The van der Waals surface area contributed by atoms with Crippen molar-refractivity contribution in [3.8, 4) is 0 Å². The molecule has 0 bridgehead atoms. The highest BCUT2D eigenvalue weighted by atomic mass is 19.1. The summed E-state index contributed by atoms with van der Waals surface area (Å²) in [6.07, 6.45) is 6.05. The van der Waals surface area contributed by atoms with Crippen molar-refractivity contribution in [1.82, 2.24) is 9.55 Å². The van der Waals surface area contributed by atoms with Gasteiger partial charge in [-0.3, -0.25) is 0 Å². The molecule has 1 heterocycles. The van der Waals surface area contributed by atoms with Crippen LogP contribution in [0.15, 0.2) is 36.9 Å². The van der Waals surface area contributed by atoms with Crippen LogP contribution in [-0.4, -0.2) is 9.55 Å². The molecule has 2 rings (SSSR count). The minimum Gasteiger partial charge on any atom is -0.333 e. The van der Waals surface area contributed by atoms with Gasteiger partial charge in [0.1, 0.15) is 5.82 Å². The Morgan fingerprint density at radius 2 is 2.27 bits per heavy atom. The lowest BCUT2D eigenvalue weighted by Crippen LogP contribution is -1.98. The number of aryl methyl sites for hydroxylation is 1. The molecule has 0 unspecified atom stereocenters. The third-order valence-corrected chi connectivity index (χ3v) is 2.42. The first kappa shape index (κ1) is 9.90. The van der Waals surface area contributed by atoms with Crippen LogP contribution in [0, 0.1) is 5.82 Å². The molecule has 2 aromatic rings. The summed E-state index contributed by atoms with van der Waals surface area (Å²) in [7, 11) is 0. The number of rotatable bonds is 3. The van der Waals surface area contributed by atoms with E-state index in [0.29, 0.717) is 6.54 Å². The van der Waals surface area contributed by atoms with Crippen molar-refractivity contribution in [2.75, 3.05) is 0 Å². The number of imidazole rings is 1. The summed E-state index contributed by atoms with van der Waals surface area (Å²) >= 11 is 0. The van der Waals surface area contributed by atoms with Crippen LogP contribution in [0.1, 0.15) is 18.1 Å². The largest absolute Gasteiger partial charge is 0.333 e. The fourth-order valence-corrected chi connectivity index (χ4v) is 1.57. The van der Waals surface area contributed by atoms with Crippen LogP contribution in [0.5, 0.6) is 0 Å². The maximum atomic E-state index is 13.5. The van der Waals surface area contributed by atoms with Crippen molar-refractivity contribution in [2.24, 2.45) is 0 Å². The highest BCUT2D eigenvalue weighted by molar-refractivity contribution is 5.24. The molecule has 0 aliphatic heterocycles. The maximum Gasteiger partial charge on any atom is 0.126 e. The summed E-state index contributed by atoms with van der Waals surface area (Å²) in [4.78, 5) is 3.94. The third-order valence-electron chi connectivity index (χ3n) is 2.42. The Morgan fingerprint density at radius 3 is 2.87 bits per heavy atom. The zero-order chi connectivity index (χ0) is 10.7. The first-order valence-electron chi connectivity index (χ1n) is 5.02. The van der Waals surface area contributed by atoms with Gasteiger partial charge in [-0.05, 0) is 23.6 Å². The average molecular weight is 204 g/mol. The number of halogens is 1. The second-order valence-corrected chi connectivity index (χ2v) is 3.51. The van der Waals surface area contributed by atoms with E-state index in [1.54, 1.807) is 18.6 Å². The molecule has 0 atom stereocenters. The van der Waals surface area contributed by atoms with E-state index in [2.05, 4.69) is 4.98 Å². The second kappa shape index (κ2) is 4.26. The van der Waals surface area contributed by atoms with Crippen LogP contribution in [0.4, 0.5) is 4.39 Å². The van der Waals surface area contributed by atoms with Crippen molar-refractivity contribution in [2.45, 2.75) is 19.9 Å². The summed E-state index contributed by atoms with van der Waals surface area (Å²) in [5.41, 5.74) is 1.73. The molecule has 0 amide bonds. The predicted molar refractivity (Wildman–Crippen MR) is 57.1 cm³/mol. The molecule has 78 valence electrons. The first-order valence-corrected chi connectivity index (χ1v) is 5.02. The Balaban J connectivity index is 2.20. The molecule has 1 aromatic heterocycles. The topological polar surface area (TPSA) is 17.8 Å². The number of aromatic nitrogens is 2. The number of hydrogen-bond acceptors (Lipinski definition) is 1. The molecule has 2 nitrogen and oxygen atoms in total. The van der Waals surface area contributed by atoms with Gasteiger partial charge < -0.3 is 4.57 Å². The monoisotopic (exact) mass is 204 g/mol. The molecule has 3 heteroatoms. The maximum absolute atomic E-state index is 13.5. The van der Waals surface area contributed by atoms with Crippen LogP contribution in [-0.2, 0) is 13.0 Å². The normalized spacial score (nSPS) is 10.5. The smallest absolute Gasteiger partial charge is 0.126 e. The van der Waals surface area contributed by atoms with Crippen molar-refractivity contribution in [3.05, 3.63) is 53.9 Å². The summed E-state index contributed by atoms with van der Waals surface area (Å²) in [5.74, 6) is -0.116. The quantitative estimate of drug-likeness (QED) is 0.751. The minimum atomic E-state index is -0.116. The van der Waals surface area contributed by atoms with Crippen LogP contribution in [0.25, 0.3) is 0 Å². The Kier molecular flexibility index (Phi) is 2.81. The molecule has 0 N–H and O–H groups in total. The molecule has 0 saturated heterocycles. The van der Waals surface area contributed by atoms with E-state index in [9.17, 15) is 4.39 Å². The molecule has 15 heavy (non-hydrogen) atoms. The van der Waals surface area contributed by atoms with E-state index in [1.807, 2.05) is 29.8 Å². The van der Waals surface area contributed by atoms with Gasteiger partial charge >= 0.3 is 0 Å². The van der Waals surface area contributed by atoms with E-state index < -0.39 is 0 Å². The molecule has 0 spiro atoms. The van der Waals surface area contributed by atoms with Crippen LogP contribution in [0.2, 0.25) is 0 Å². The lowest BCUT2D eigenvalue weighted by molar-refractivity contribution is 0.608. The van der Waals surface area contributed by atoms with E-state index >= 15 is 0 Å². The van der Waals surface area contributed by atoms with Gasteiger partial charge in [0.2, 0.25) is 0 Å².